The van der Waals surface area contributed by atoms with E-state index in [2.05, 4.69) is 22.5 Å². The molecular weight excluding hydrogens is 266 g/mol. The summed E-state index contributed by atoms with van der Waals surface area (Å²) in [4.78, 5) is 14.1. The second-order valence-corrected chi connectivity index (χ2v) is 5.71. The number of aliphatic hydroxyl groups is 1. The second-order valence-electron chi connectivity index (χ2n) is 5.71. The molecule has 2 unspecified atom stereocenters. The highest BCUT2D eigenvalue weighted by atomic mass is 16.3. The van der Waals surface area contributed by atoms with Crippen LogP contribution in [0.3, 0.4) is 0 Å². The first-order chi connectivity index (χ1) is 10.0. The molecule has 116 valence electrons. The van der Waals surface area contributed by atoms with E-state index in [1.807, 2.05) is 25.2 Å². The van der Waals surface area contributed by atoms with Gasteiger partial charge in [0.05, 0.1) is 6.10 Å². The van der Waals surface area contributed by atoms with Gasteiger partial charge in [0.25, 0.3) is 0 Å². The topological polar surface area (TPSA) is 64.6 Å². The number of rotatable bonds is 7. The molecule has 0 saturated carbocycles. The fourth-order valence-electron chi connectivity index (χ4n) is 2.49. The van der Waals surface area contributed by atoms with Crippen molar-refractivity contribution < 1.29 is 9.90 Å². The first-order valence-corrected chi connectivity index (χ1v) is 7.60. The molecule has 0 aliphatic carbocycles. The summed E-state index contributed by atoms with van der Waals surface area (Å²) in [7, 11) is 1.99. The maximum absolute atomic E-state index is 12.0. The quantitative estimate of drug-likeness (QED) is 0.718. The van der Waals surface area contributed by atoms with Crippen molar-refractivity contribution in [1.29, 1.82) is 0 Å². The lowest BCUT2D eigenvalue weighted by Crippen LogP contribution is -2.27. The van der Waals surface area contributed by atoms with E-state index in [-0.39, 0.29) is 18.1 Å². The smallest absolute Gasteiger partial charge is 0.246 e. The number of nitrogens with zero attached hydrogens (tertiary/aromatic N) is 1. The van der Waals surface area contributed by atoms with Crippen LogP contribution in [0.4, 0.5) is 11.4 Å². The zero-order valence-corrected chi connectivity index (χ0v) is 13.0. The average molecular weight is 291 g/mol. The number of anilines is 2. The van der Waals surface area contributed by atoms with Gasteiger partial charge in [-0.3, -0.25) is 4.79 Å². The number of hydrogen-bond donors (Lipinski definition) is 3. The molecule has 1 aliphatic heterocycles. The molecule has 0 bridgehead atoms. The highest BCUT2D eigenvalue weighted by Gasteiger charge is 2.30. The van der Waals surface area contributed by atoms with Crippen molar-refractivity contribution in [2.45, 2.75) is 38.8 Å². The van der Waals surface area contributed by atoms with E-state index < -0.39 is 0 Å². The van der Waals surface area contributed by atoms with Crippen LogP contribution in [0, 0.1) is 0 Å². The number of fused-ring (bicyclic) bond motifs is 1. The van der Waals surface area contributed by atoms with Crippen LogP contribution in [-0.2, 0) is 4.79 Å². The molecule has 21 heavy (non-hydrogen) atoms. The number of hydrogen-bond acceptors (Lipinski definition) is 4. The molecular formula is C16H25N3O2. The van der Waals surface area contributed by atoms with E-state index in [1.165, 1.54) is 0 Å². The van der Waals surface area contributed by atoms with Crippen LogP contribution in [0.25, 0.3) is 0 Å². The van der Waals surface area contributed by atoms with Crippen LogP contribution in [0.5, 0.6) is 0 Å². The van der Waals surface area contributed by atoms with Gasteiger partial charge in [-0.15, -0.1) is 0 Å². The van der Waals surface area contributed by atoms with Crippen molar-refractivity contribution in [1.82, 2.24) is 5.32 Å². The largest absolute Gasteiger partial charge is 0.393 e. The summed E-state index contributed by atoms with van der Waals surface area (Å²) in [5.41, 5.74) is 2.95. The lowest BCUT2D eigenvalue weighted by molar-refractivity contribution is -0.117. The van der Waals surface area contributed by atoms with Crippen LogP contribution in [0.1, 0.15) is 38.3 Å². The van der Waals surface area contributed by atoms with E-state index in [9.17, 15) is 9.90 Å². The number of aliphatic hydroxyl groups excluding tert-OH is 1. The molecule has 2 atom stereocenters. The second kappa shape index (κ2) is 6.91. The first-order valence-electron chi connectivity index (χ1n) is 7.60. The van der Waals surface area contributed by atoms with Gasteiger partial charge in [0, 0.05) is 30.5 Å². The molecule has 1 aromatic carbocycles. The van der Waals surface area contributed by atoms with Crippen LogP contribution in [-0.4, -0.2) is 37.3 Å². The Morgan fingerprint density at radius 1 is 1.48 bits per heavy atom. The van der Waals surface area contributed by atoms with Gasteiger partial charge >= 0.3 is 0 Å². The summed E-state index contributed by atoms with van der Waals surface area (Å²) in [6.45, 7) is 5.48. The zero-order valence-electron chi connectivity index (χ0n) is 13.0. The molecule has 0 aromatic heterocycles. The Kier molecular flexibility index (Phi) is 5.20. The van der Waals surface area contributed by atoms with Crippen LogP contribution >= 0.6 is 0 Å². The molecule has 1 heterocycles. The number of carbonyl (C=O) groups excluding carboxylic acids is 1. The molecule has 5 heteroatoms. The SMILES string of the molecule is CCCNC1C(=O)Nc2cc(N(C)CCC(C)O)ccc21. The van der Waals surface area contributed by atoms with Gasteiger partial charge in [0.1, 0.15) is 6.04 Å². The van der Waals surface area contributed by atoms with Gasteiger partial charge in [-0.05, 0) is 38.4 Å². The molecule has 0 radical (unpaired) electrons. The summed E-state index contributed by atoms with van der Waals surface area (Å²) in [5.74, 6) is 0.0160. The first kappa shape index (κ1) is 15.8. The minimum Gasteiger partial charge on any atom is -0.393 e. The van der Waals surface area contributed by atoms with E-state index in [0.29, 0.717) is 0 Å². The minimum atomic E-state index is -0.302. The monoisotopic (exact) mass is 291 g/mol. The molecule has 5 nitrogen and oxygen atoms in total. The van der Waals surface area contributed by atoms with Crippen LogP contribution < -0.4 is 15.5 Å². The van der Waals surface area contributed by atoms with Gasteiger partial charge in [-0.25, -0.2) is 0 Å². The highest BCUT2D eigenvalue weighted by Crippen LogP contribution is 2.33. The van der Waals surface area contributed by atoms with Gasteiger partial charge in [0.2, 0.25) is 5.91 Å². The zero-order chi connectivity index (χ0) is 15.4. The fraction of sp³-hybridized carbons (Fsp3) is 0.562. The highest BCUT2D eigenvalue weighted by molar-refractivity contribution is 6.03. The average Bonchev–Trinajstić information content (AvgIpc) is 2.77. The predicted octanol–water partition coefficient (Wildman–Crippen LogP) is 1.89. The van der Waals surface area contributed by atoms with Gasteiger partial charge < -0.3 is 20.6 Å². The maximum atomic E-state index is 12.0. The molecule has 1 aromatic rings. The summed E-state index contributed by atoms with van der Waals surface area (Å²) >= 11 is 0. The van der Waals surface area contributed by atoms with E-state index in [4.69, 9.17) is 0 Å². The Morgan fingerprint density at radius 2 is 2.24 bits per heavy atom. The molecule has 1 amide bonds. The van der Waals surface area contributed by atoms with Crippen molar-refractivity contribution in [3.8, 4) is 0 Å². The standard InChI is InChI=1S/C16H25N3O2/c1-4-8-17-15-13-6-5-12(10-14(13)18-16(15)21)19(3)9-7-11(2)20/h5-6,10-11,15,17,20H,4,7-9H2,1-3H3,(H,18,21). The van der Waals surface area contributed by atoms with Crippen molar-refractivity contribution >= 4 is 17.3 Å². The Labute approximate surface area is 126 Å². The van der Waals surface area contributed by atoms with Crippen molar-refractivity contribution in [2.24, 2.45) is 0 Å². The Hall–Kier alpha value is -1.59. The molecule has 0 spiro atoms. The predicted molar refractivity (Wildman–Crippen MR) is 85.7 cm³/mol. The van der Waals surface area contributed by atoms with Crippen molar-refractivity contribution in [2.75, 3.05) is 30.4 Å². The van der Waals surface area contributed by atoms with Crippen LogP contribution in [0.2, 0.25) is 0 Å². The number of benzene rings is 1. The van der Waals surface area contributed by atoms with Gasteiger partial charge in [-0.2, -0.15) is 0 Å². The van der Waals surface area contributed by atoms with E-state index >= 15 is 0 Å². The summed E-state index contributed by atoms with van der Waals surface area (Å²) in [6, 6.07) is 5.80. The van der Waals surface area contributed by atoms with Crippen molar-refractivity contribution in [3.63, 3.8) is 0 Å². The van der Waals surface area contributed by atoms with Crippen LogP contribution in [0.15, 0.2) is 18.2 Å². The third kappa shape index (κ3) is 3.74. The number of carbonyl (C=O) groups is 1. The number of amides is 1. The number of nitrogens with one attached hydrogen (secondary N) is 2. The molecule has 0 saturated heterocycles. The Morgan fingerprint density at radius 3 is 2.90 bits per heavy atom. The Bertz CT molecular complexity index is 502. The molecule has 3 N–H and O–H groups in total. The summed E-state index contributed by atoms with van der Waals surface area (Å²) in [6.07, 6.45) is 1.42. The fourth-order valence-corrected chi connectivity index (χ4v) is 2.49. The van der Waals surface area contributed by atoms with E-state index in [1.54, 1.807) is 6.92 Å². The third-order valence-electron chi connectivity index (χ3n) is 3.79. The van der Waals surface area contributed by atoms with Crippen molar-refractivity contribution in [3.05, 3.63) is 23.8 Å². The Balaban J connectivity index is 2.10. The van der Waals surface area contributed by atoms with E-state index in [0.717, 1.165) is 42.9 Å². The maximum Gasteiger partial charge on any atom is 0.246 e. The van der Waals surface area contributed by atoms with Gasteiger partial charge in [-0.1, -0.05) is 13.0 Å². The summed E-state index contributed by atoms with van der Waals surface area (Å²) < 4.78 is 0. The normalized spacial score (nSPS) is 18.3. The molecule has 2 rings (SSSR count). The lowest BCUT2D eigenvalue weighted by atomic mass is 10.1. The molecule has 0 fully saturated rings. The summed E-state index contributed by atoms with van der Waals surface area (Å²) in [5, 5.41) is 15.6. The lowest BCUT2D eigenvalue weighted by Gasteiger charge is -2.21. The van der Waals surface area contributed by atoms with Gasteiger partial charge in [0.15, 0.2) is 0 Å². The molecule has 1 aliphatic rings. The minimum absolute atomic E-state index is 0.0160. The third-order valence-corrected chi connectivity index (χ3v) is 3.79.